The Morgan fingerprint density at radius 2 is 2.20 bits per heavy atom. The average Bonchev–Trinajstić information content (AvgIpc) is 2.48. The van der Waals surface area contributed by atoms with Crippen molar-refractivity contribution in [2.75, 3.05) is 6.26 Å². The van der Waals surface area contributed by atoms with Gasteiger partial charge in [0.2, 0.25) is 0 Å². The molecular formula is C15H15ClN2OS. The molecule has 0 saturated heterocycles. The van der Waals surface area contributed by atoms with E-state index in [1.165, 1.54) is 0 Å². The number of amides is 1. The van der Waals surface area contributed by atoms with Gasteiger partial charge in [0.25, 0.3) is 5.91 Å². The van der Waals surface area contributed by atoms with Crippen LogP contribution in [-0.4, -0.2) is 17.1 Å². The molecule has 0 aliphatic carbocycles. The highest BCUT2D eigenvalue weighted by Crippen LogP contribution is 2.23. The van der Waals surface area contributed by atoms with E-state index in [0.717, 1.165) is 10.5 Å². The number of aromatic nitrogens is 1. The second-order valence-corrected chi connectivity index (χ2v) is 5.61. The van der Waals surface area contributed by atoms with Gasteiger partial charge in [-0.1, -0.05) is 17.7 Å². The van der Waals surface area contributed by atoms with E-state index in [1.807, 2.05) is 31.4 Å². The predicted octanol–water partition coefficient (Wildman–Crippen LogP) is 3.95. The summed E-state index contributed by atoms with van der Waals surface area (Å²) in [7, 11) is 0. The zero-order valence-electron chi connectivity index (χ0n) is 11.3. The van der Waals surface area contributed by atoms with Gasteiger partial charge < -0.3 is 5.32 Å². The van der Waals surface area contributed by atoms with Gasteiger partial charge in [0.1, 0.15) is 0 Å². The summed E-state index contributed by atoms with van der Waals surface area (Å²) in [5.74, 6) is -0.178. The van der Waals surface area contributed by atoms with Crippen molar-refractivity contribution in [3.05, 3.63) is 58.9 Å². The highest BCUT2D eigenvalue weighted by atomic mass is 35.5. The Morgan fingerprint density at radius 1 is 1.40 bits per heavy atom. The van der Waals surface area contributed by atoms with Crippen molar-refractivity contribution < 1.29 is 4.79 Å². The molecule has 0 spiro atoms. The number of benzene rings is 1. The highest BCUT2D eigenvalue weighted by molar-refractivity contribution is 7.98. The third kappa shape index (κ3) is 3.52. The Bertz CT molecular complexity index is 604. The average molecular weight is 307 g/mol. The maximum absolute atomic E-state index is 12.3. The monoisotopic (exact) mass is 306 g/mol. The molecule has 2 rings (SSSR count). The standard InChI is InChI=1S/C15H15ClN2OS/c1-10(11-4-3-7-17-9-11)18-15(19)13-8-12(20-2)5-6-14(13)16/h3-10H,1-2H3,(H,18,19). The van der Waals surface area contributed by atoms with Crippen LogP contribution in [0.5, 0.6) is 0 Å². The molecular weight excluding hydrogens is 292 g/mol. The van der Waals surface area contributed by atoms with Crippen molar-refractivity contribution in [2.24, 2.45) is 0 Å². The number of nitrogens with one attached hydrogen (secondary N) is 1. The van der Waals surface area contributed by atoms with Gasteiger partial charge in [0.05, 0.1) is 16.6 Å². The van der Waals surface area contributed by atoms with Gasteiger partial charge in [-0.3, -0.25) is 9.78 Å². The number of carbonyl (C=O) groups excluding carboxylic acids is 1. The second kappa shape index (κ2) is 6.77. The minimum Gasteiger partial charge on any atom is -0.345 e. The molecule has 1 N–H and O–H groups in total. The number of halogens is 1. The molecule has 0 aliphatic heterocycles. The SMILES string of the molecule is CSc1ccc(Cl)c(C(=O)NC(C)c2cccnc2)c1. The first kappa shape index (κ1) is 14.9. The van der Waals surface area contributed by atoms with E-state index in [1.54, 1.807) is 36.3 Å². The third-order valence-corrected chi connectivity index (χ3v) is 4.01. The van der Waals surface area contributed by atoms with Crippen LogP contribution < -0.4 is 5.32 Å². The van der Waals surface area contributed by atoms with Crippen LogP contribution in [0.15, 0.2) is 47.6 Å². The molecule has 2 aromatic rings. The molecule has 1 unspecified atom stereocenters. The van der Waals surface area contributed by atoms with Crippen LogP contribution in [0, 0.1) is 0 Å². The lowest BCUT2D eigenvalue weighted by Crippen LogP contribution is -2.27. The van der Waals surface area contributed by atoms with Crippen LogP contribution in [0.2, 0.25) is 5.02 Å². The largest absolute Gasteiger partial charge is 0.345 e. The summed E-state index contributed by atoms with van der Waals surface area (Å²) in [5.41, 5.74) is 1.45. The maximum atomic E-state index is 12.3. The summed E-state index contributed by atoms with van der Waals surface area (Å²) in [5, 5.41) is 3.39. The number of carbonyl (C=O) groups is 1. The Hall–Kier alpha value is -1.52. The van der Waals surface area contributed by atoms with E-state index in [9.17, 15) is 4.79 Å². The number of pyridine rings is 1. The van der Waals surface area contributed by atoms with Crippen LogP contribution in [0.25, 0.3) is 0 Å². The smallest absolute Gasteiger partial charge is 0.253 e. The molecule has 0 saturated carbocycles. The molecule has 0 bridgehead atoms. The Labute approximate surface area is 127 Å². The fraction of sp³-hybridized carbons (Fsp3) is 0.200. The van der Waals surface area contributed by atoms with Gasteiger partial charge in [-0.25, -0.2) is 0 Å². The highest BCUT2D eigenvalue weighted by Gasteiger charge is 2.14. The Kier molecular flexibility index (Phi) is 5.04. The first-order valence-corrected chi connectivity index (χ1v) is 7.76. The van der Waals surface area contributed by atoms with E-state index >= 15 is 0 Å². The topological polar surface area (TPSA) is 42.0 Å². The number of hydrogen-bond acceptors (Lipinski definition) is 3. The van der Waals surface area contributed by atoms with E-state index < -0.39 is 0 Å². The Balaban J connectivity index is 2.16. The van der Waals surface area contributed by atoms with Crippen LogP contribution in [0.4, 0.5) is 0 Å². The van der Waals surface area contributed by atoms with Gasteiger partial charge in [0.15, 0.2) is 0 Å². The van der Waals surface area contributed by atoms with Gasteiger partial charge in [-0.15, -0.1) is 11.8 Å². The molecule has 1 atom stereocenters. The van der Waals surface area contributed by atoms with Gasteiger partial charge >= 0.3 is 0 Å². The van der Waals surface area contributed by atoms with Crippen LogP contribution in [-0.2, 0) is 0 Å². The summed E-state index contributed by atoms with van der Waals surface area (Å²) in [6, 6.07) is 9.10. The van der Waals surface area contributed by atoms with Crippen LogP contribution in [0.3, 0.4) is 0 Å². The van der Waals surface area contributed by atoms with Gasteiger partial charge in [-0.05, 0) is 43.0 Å². The van der Waals surface area contributed by atoms with E-state index in [-0.39, 0.29) is 11.9 Å². The molecule has 1 aromatic carbocycles. The van der Waals surface area contributed by atoms with Crippen molar-refractivity contribution in [3.8, 4) is 0 Å². The quantitative estimate of drug-likeness (QED) is 0.870. The molecule has 5 heteroatoms. The Morgan fingerprint density at radius 3 is 2.85 bits per heavy atom. The fourth-order valence-corrected chi connectivity index (χ4v) is 2.44. The lowest BCUT2D eigenvalue weighted by molar-refractivity contribution is 0.0940. The number of rotatable bonds is 4. The third-order valence-electron chi connectivity index (χ3n) is 2.95. The summed E-state index contributed by atoms with van der Waals surface area (Å²) < 4.78 is 0. The fourth-order valence-electron chi connectivity index (χ4n) is 1.80. The van der Waals surface area contributed by atoms with E-state index in [4.69, 9.17) is 11.6 Å². The van der Waals surface area contributed by atoms with Crippen molar-refractivity contribution in [1.29, 1.82) is 0 Å². The molecule has 0 radical (unpaired) electrons. The van der Waals surface area contributed by atoms with Gasteiger partial charge in [0, 0.05) is 17.3 Å². The van der Waals surface area contributed by atoms with Crippen LogP contribution in [0.1, 0.15) is 28.9 Å². The number of thioether (sulfide) groups is 1. The van der Waals surface area contributed by atoms with Crippen molar-refractivity contribution in [3.63, 3.8) is 0 Å². The minimum absolute atomic E-state index is 0.120. The lowest BCUT2D eigenvalue weighted by Gasteiger charge is -2.15. The minimum atomic E-state index is -0.178. The lowest BCUT2D eigenvalue weighted by atomic mass is 10.1. The second-order valence-electron chi connectivity index (χ2n) is 4.33. The summed E-state index contributed by atoms with van der Waals surface area (Å²) in [6.45, 7) is 1.92. The number of hydrogen-bond donors (Lipinski definition) is 1. The summed E-state index contributed by atoms with van der Waals surface area (Å²) in [4.78, 5) is 17.4. The summed E-state index contributed by atoms with van der Waals surface area (Å²) >= 11 is 7.67. The molecule has 20 heavy (non-hydrogen) atoms. The van der Waals surface area contributed by atoms with Gasteiger partial charge in [-0.2, -0.15) is 0 Å². The van der Waals surface area contributed by atoms with E-state index in [0.29, 0.717) is 10.6 Å². The molecule has 3 nitrogen and oxygen atoms in total. The first-order valence-electron chi connectivity index (χ1n) is 6.16. The van der Waals surface area contributed by atoms with Crippen LogP contribution >= 0.6 is 23.4 Å². The predicted molar refractivity (Wildman–Crippen MR) is 83.4 cm³/mol. The molecule has 0 fully saturated rings. The molecule has 1 heterocycles. The van der Waals surface area contributed by atoms with Crippen molar-refractivity contribution >= 4 is 29.3 Å². The van der Waals surface area contributed by atoms with E-state index in [2.05, 4.69) is 10.3 Å². The zero-order chi connectivity index (χ0) is 14.5. The van der Waals surface area contributed by atoms with Crippen molar-refractivity contribution in [1.82, 2.24) is 10.3 Å². The normalized spacial score (nSPS) is 11.9. The zero-order valence-corrected chi connectivity index (χ0v) is 12.8. The van der Waals surface area contributed by atoms with Crippen molar-refractivity contribution in [2.45, 2.75) is 17.9 Å². The molecule has 0 aliphatic rings. The maximum Gasteiger partial charge on any atom is 0.253 e. The number of nitrogens with zero attached hydrogens (tertiary/aromatic N) is 1. The molecule has 1 amide bonds. The molecule has 104 valence electrons. The molecule has 1 aromatic heterocycles. The first-order chi connectivity index (χ1) is 9.61. The summed E-state index contributed by atoms with van der Waals surface area (Å²) in [6.07, 6.45) is 5.41.